The fourth-order valence-corrected chi connectivity index (χ4v) is 2.49. The predicted octanol–water partition coefficient (Wildman–Crippen LogP) is 0.494. The number of hydrogen-bond acceptors (Lipinski definition) is 3. The van der Waals surface area contributed by atoms with Gasteiger partial charge in [0.05, 0.1) is 6.67 Å². The van der Waals surface area contributed by atoms with Crippen LogP contribution >= 0.6 is 0 Å². The average Bonchev–Trinajstić information content (AvgIpc) is 2.98. The quantitative estimate of drug-likeness (QED) is 0.776. The molecule has 0 spiro atoms. The van der Waals surface area contributed by atoms with Crippen molar-refractivity contribution in [2.75, 3.05) is 26.3 Å². The second-order valence-corrected chi connectivity index (χ2v) is 5.75. The first kappa shape index (κ1) is 13.9. The standard InChI is InChI=1S/C14H21N5O2/c20-13-10-18(11-17(13)9-12-3-4-12)14(21)15-5-1-7-19-8-2-6-16-19/h2,6,8,12H,1,3-5,7,9-11H2,(H,15,21). The first-order chi connectivity index (χ1) is 10.2. The fraction of sp³-hybridized carbons (Fsp3) is 0.643. The third-order valence-electron chi connectivity index (χ3n) is 3.88. The number of carbonyl (C=O) groups excluding carboxylic acids is 2. The van der Waals surface area contributed by atoms with Gasteiger partial charge in [0.2, 0.25) is 5.91 Å². The summed E-state index contributed by atoms with van der Waals surface area (Å²) in [6, 6.07) is 1.73. The van der Waals surface area contributed by atoms with Gasteiger partial charge in [-0.05, 0) is 31.2 Å². The first-order valence-corrected chi connectivity index (χ1v) is 7.50. The lowest BCUT2D eigenvalue weighted by Gasteiger charge is -2.18. The van der Waals surface area contributed by atoms with Crippen molar-refractivity contribution in [1.82, 2.24) is 24.9 Å². The van der Waals surface area contributed by atoms with Crippen molar-refractivity contribution < 1.29 is 9.59 Å². The van der Waals surface area contributed by atoms with Crippen molar-refractivity contribution in [3.05, 3.63) is 18.5 Å². The van der Waals surface area contributed by atoms with E-state index < -0.39 is 0 Å². The number of nitrogens with zero attached hydrogens (tertiary/aromatic N) is 4. The predicted molar refractivity (Wildman–Crippen MR) is 76.3 cm³/mol. The van der Waals surface area contributed by atoms with Gasteiger partial charge in [-0.1, -0.05) is 0 Å². The van der Waals surface area contributed by atoms with Gasteiger partial charge in [-0.15, -0.1) is 0 Å². The number of amides is 3. The van der Waals surface area contributed by atoms with Crippen LogP contribution in [0.15, 0.2) is 18.5 Å². The molecule has 1 N–H and O–H groups in total. The maximum absolute atomic E-state index is 12.0. The van der Waals surface area contributed by atoms with E-state index in [0.717, 1.165) is 19.5 Å². The van der Waals surface area contributed by atoms with Gasteiger partial charge < -0.3 is 10.2 Å². The molecule has 7 nitrogen and oxygen atoms in total. The van der Waals surface area contributed by atoms with Crippen LogP contribution in [0.1, 0.15) is 19.3 Å². The van der Waals surface area contributed by atoms with Crippen LogP contribution in [-0.2, 0) is 11.3 Å². The fourth-order valence-electron chi connectivity index (χ4n) is 2.49. The smallest absolute Gasteiger partial charge is 0.319 e. The van der Waals surface area contributed by atoms with Crippen LogP contribution in [0, 0.1) is 5.92 Å². The Morgan fingerprint density at radius 1 is 1.43 bits per heavy atom. The zero-order chi connectivity index (χ0) is 14.7. The van der Waals surface area contributed by atoms with Crippen molar-refractivity contribution in [2.24, 2.45) is 5.92 Å². The zero-order valence-electron chi connectivity index (χ0n) is 12.1. The third-order valence-corrected chi connectivity index (χ3v) is 3.88. The SMILES string of the molecule is O=C1CN(C(=O)NCCCn2cccn2)CN1CC1CC1. The van der Waals surface area contributed by atoms with E-state index in [4.69, 9.17) is 0 Å². The van der Waals surface area contributed by atoms with E-state index >= 15 is 0 Å². The lowest BCUT2D eigenvalue weighted by molar-refractivity contribution is -0.126. The number of aryl methyl sites for hydroxylation is 1. The average molecular weight is 291 g/mol. The van der Waals surface area contributed by atoms with Crippen LogP contribution < -0.4 is 5.32 Å². The van der Waals surface area contributed by atoms with Crippen LogP contribution in [0.2, 0.25) is 0 Å². The van der Waals surface area contributed by atoms with Crippen LogP contribution in [0.5, 0.6) is 0 Å². The second-order valence-electron chi connectivity index (χ2n) is 5.75. The largest absolute Gasteiger partial charge is 0.338 e. The Bertz CT molecular complexity index is 497. The molecule has 1 saturated heterocycles. The second kappa shape index (κ2) is 6.15. The molecule has 2 aliphatic rings. The van der Waals surface area contributed by atoms with Crippen molar-refractivity contribution in [3.8, 4) is 0 Å². The van der Waals surface area contributed by atoms with Gasteiger partial charge in [0.1, 0.15) is 6.54 Å². The zero-order valence-corrected chi connectivity index (χ0v) is 12.1. The normalized spacial score (nSPS) is 18.4. The Hall–Kier alpha value is -2.05. The van der Waals surface area contributed by atoms with E-state index in [0.29, 0.717) is 19.1 Å². The molecule has 0 atom stereocenters. The van der Waals surface area contributed by atoms with Crippen LogP contribution in [0.25, 0.3) is 0 Å². The monoisotopic (exact) mass is 291 g/mol. The van der Waals surface area contributed by atoms with Gasteiger partial charge in [0, 0.05) is 32.0 Å². The van der Waals surface area contributed by atoms with Gasteiger partial charge >= 0.3 is 6.03 Å². The molecular formula is C14H21N5O2. The topological polar surface area (TPSA) is 70.5 Å². The minimum Gasteiger partial charge on any atom is -0.338 e. The minimum absolute atomic E-state index is 0.0635. The van der Waals surface area contributed by atoms with Crippen molar-refractivity contribution >= 4 is 11.9 Å². The maximum atomic E-state index is 12.0. The molecule has 21 heavy (non-hydrogen) atoms. The van der Waals surface area contributed by atoms with Gasteiger partial charge in [0.25, 0.3) is 0 Å². The number of rotatable bonds is 6. The van der Waals surface area contributed by atoms with Gasteiger partial charge in [-0.25, -0.2) is 4.79 Å². The number of urea groups is 1. The molecule has 3 amide bonds. The number of hydrogen-bond donors (Lipinski definition) is 1. The maximum Gasteiger partial charge on any atom is 0.319 e. The highest BCUT2D eigenvalue weighted by molar-refractivity contribution is 5.87. The van der Waals surface area contributed by atoms with Crippen LogP contribution in [0.4, 0.5) is 4.79 Å². The summed E-state index contributed by atoms with van der Waals surface area (Å²) in [7, 11) is 0. The highest BCUT2D eigenvalue weighted by atomic mass is 16.2. The Balaban J connectivity index is 1.36. The first-order valence-electron chi connectivity index (χ1n) is 7.50. The highest BCUT2D eigenvalue weighted by Gasteiger charge is 2.34. The molecule has 0 bridgehead atoms. The molecule has 2 fully saturated rings. The van der Waals surface area contributed by atoms with E-state index in [2.05, 4.69) is 10.4 Å². The highest BCUT2D eigenvalue weighted by Crippen LogP contribution is 2.30. The lowest BCUT2D eigenvalue weighted by atomic mass is 10.4. The van der Waals surface area contributed by atoms with E-state index in [1.54, 1.807) is 16.0 Å². The molecule has 7 heteroatoms. The summed E-state index contributed by atoms with van der Waals surface area (Å²) in [5.41, 5.74) is 0. The summed E-state index contributed by atoms with van der Waals surface area (Å²) in [5, 5.41) is 6.97. The van der Waals surface area contributed by atoms with Crippen molar-refractivity contribution in [3.63, 3.8) is 0 Å². The Labute approximate surface area is 123 Å². The molecule has 1 aromatic heterocycles. The summed E-state index contributed by atoms with van der Waals surface area (Å²) < 4.78 is 1.84. The summed E-state index contributed by atoms with van der Waals surface area (Å²) in [6.07, 6.45) is 6.88. The molecule has 0 unspecified atom stereocenters. The van der Waals surface area contributed by atoms with E-state index in [9.17, 15) is 9.59 Å². The minimum atomic E-state index is -0.151. The molecule has 1 aliphatic carbocycles. The summed E-state index contributed by atoms with van der Waals surface area (Å²) >= 11 is 0. The third kappa shape index (κ3) is 3.74. The number of aromatic nitrogens is 2. The molecule has 1 saturated carbocycles. The summed E-state index contributed by atoms with van der Waals surface area (Å²) in [4.78, 5) is 27.2. The molecule has 114 valence electrons. The summed E-state index contributed by atoms with van der Waals surface area (Å²) in [6.45, 7) is 2.81. The summed E-state index contributed by atoms with van der Waals surface area (Å²) in [5.74, 6) is 0.722. The van der Waals surface area contributed by atoms with Gasteiger partial charge in [0.15, 0.2) is 0 Å². The molecule has 0 aromatic carbocycles. The van der Waals surface area contributed by atoms with Crippen molar-refractivity contribution in [2.45, 2.75) is 25.8 Å². The lowest BCUT2D eigenvalue weighted by Crippen LogP contribution is -2.40. The van der Waals surface area contributed by atoms with Crippen LogP contribution in [0.3, 0.4) is 0 Å². The molecular weight excluding hydrogens is 270 g/mol. The Morgan fingerprint density at radius 2 is 2.29 bits per heavy atom. The van der Waals surface area contributed by atoms with Gasteiger partial charge in [-0.3, -0.25) is 14.4 Å². The Morgan fingerprint density at radius 3 is 3.00 bits per heavy atom. The number of nitrogens with one attached hydrogen (secondary N) is 1. The van der Waals surface area contributed by atoms with Crippen LogP contribution in [-0.4, -0.2) is 57.8 Å². The Kier molecular flexibility index (Phi) is 4.08. The van der Waals surface area contributed by atoms with Gasteiger partial charge in [-0.2, -0.15) is 5.10 Å². The molecule has 0 radical (unpaired) electrons. The van der Waals surface area contributed by atoms with E-state index in [-0.39, 0.29) is 18.5 Å². The van der Waals surface area contributed by atoms with E-state index in [1.807, 2.05) is 16.9 Å². The molecule has 2 heterocycles. The molecule has 3 rings (SSSR count). The van der Waals surface area contributed by atoms with Crippen molar-refractivity contribution in [1.29, 1.82) is 0 Å². The molecule has 1 aliphatic heterocycles. The molecule has 1 aromatic rings. The van der Waals surface area contributed by atoms with E-state index in [1.165, 1.54) is 12.8 Å². The number of carbonyl (C=O) groups is 2.